The maximum absolute atomic E-state index is 12.2. The molecule has 1 fully saturated rings. The number of amides is 1. The highest BCUT2D eigenvalue weighted by Crippen LogP contribution is 2.22. The van der Waals surface area contributed by atoms with Crippen LogP contribution in [0.4, 0.5) is 5.69 Å². The Morgan fingerprint density at radius 2 is 2.23 bits per heavy atom. The monoisotopic (exact) mass is 302 g/mol. The van der Waals surface area contributed by atoms with Crippen molar-refractivity contribution in [2.24, 2.45) is 0 Å². The van der Waals surface area contributed by atoms with E-state index in [1.165, 1.54) is 6.07 Å². The van der Waals surface area contributed by atoms with Crippen LogP contribution < -0.4 is 16.6 Å². The van der Waals surface area contributed by atoms with Gasteiger partial charge in [-0.1, -0.05) is 0 Å². The van der Waals surface area contributed by atoms with Crippen LogP contribution in [0.25, 0.3) is 11.5 Å². The van der Waals surface area contributed by atoms with Gasteiger partial charge >= 0.3 is 0 Å². The highest BCUT2D eigenvalue weighted by molar-refractivity contribution is 5.80. The molecule has 2 aromatic heterocycles. The van der Waals surface area contributed by atoms with Crippen molar-refractivity contribution in [3.8, 4) is 11.5 Å². The minimum Gasteiger partial charge on any atom is -0.460 e. The molecule has 3 rings (SSSR count). The van der Waals surface area contributed by atoms with Gasteiger partial charge in [0.2, 0.25) is 5.91 Å². The molecule has 1 saturated carbocycles. The third-order valence-corrected chi connectivity index (χ3v) is 3.63. The summed E-state index contributed by atoms with van der Waals surface area (Å²) in [6.45, 7) is 3.44. The highest BCUT2D eigenvalue weighted by atomic mass is 16.3. The minimum atomic E-state index is -0.730. The molecule has 1 aliphatic carbocycles. The quantitative estimate of drug-likeness (QED) is 0.884. The molecule has 1 amide bonds. The first-order chi connectivity index (χ1) is 10.5. The van der Waals surface area contributed by atoms with Crippen LogP contribution in [0.1, 0.15) is 31.6 Å². The topological polar surface area (TPSA) is 103 Å². The SMILES string of the molecule is Cc1ccc(-c2cc(N)c(=O)n(C(C)C(=O)NC3CC3)n2)o1. The fourth-order valence-corrected chi connectivity index (χ4v) is 2.15. The van der Waals surface area contributed by atoms with Crippen LogP contribution in [0.2, 0.25) is 0 Å². The van der Waals surface area contributed by atoms with E-state index in [2.05, 4.69) is 10.4 Å². The second-order valence-corrected chi connectivity index (χ2v) is 5.60. The molecular weight excluding hydrogens is 284 g/mol. The smallest absolute Gasteiger partial charge is 0.290 e. The second kappa shape index (κ2) is 5.32. The lowest BCUT2D eigenvalue weighted by Crippen LogP contribution is -2.38. The van der Waals surface area contributed by atoms with E-state index in [9.17, 15) is 9.59 Å². The van der Waals surface area contributed by atoms with Gasteiger partial charge in [0, 0.05) is 6.04 Å². The summed E-state index contributed by atoms with van der Waals surface area (Å²) in [5.74, 6) is 1.00. The molecule has 0 saturated heterocycles. The van der Waals surface area contributed by atoms with E-state index in [0.717, 1.165) is 23.3 Å². The molecule has 0 aliphatic heterocycles. The molecule has 2 heterocycles. The first-order valence-electron chi connectivity index (χ1n) is 7.22. The number of furan rings is 1. The number of aryl methyl sites for hydroxylation is 1. The number of rotatable bonds is 4. The summed E-state index contributed by atoms with van der Waals surface area (Å²) in [6.07, 6.45) is 1.96. The van der Waals surface area contributed by atoms with Gasteiger partial charge in [-0.15, -0.1) is 0 Å². The summed E-state index contributed by atoms with van der Waals surface area (Å²) in [5, 5.41) is 7.09. The van der Waals surface area contributed by atoms with Gasteiger partial charge in [0.25, 0.3) is 5.56 Å². The largest absolute Gasteiger partial charge is 0.460 e. The number of nitrogens with zero attached hydrogens (tertiary/aromatic N) is 2. The van der Waals surface area contributed by atoms with E-state index >= 15 is 0 Å². The summed E-state index contributed by atoms with van der Waals surface area (Å²) < 4.78 is 6.61. The summed E-state index contributed by atoms with van der Waals surface area (Å²) in [4.78, 5) is 24.3. The summed E-state index contributed by atoms with van der Waals surface area (Å²) in [6, 6.07) is 4.50. The number of nitrogen functional groups attached to an aromatic ring is 1. The van der Waals surface area contributed by atoms with Crippen LogP contribution in [-0.2, 0) is 4.79 Å². The van der Waals surface area contributed by atoms with E-state index in [0.29, 0.717) is 11.5 Å². The van der Waals surface area contributed by atoms with E-state index in [1.807, 2.05) is 6.92 Å². The van der Waals surface area contributed by atoms with Crippen molar-refractivity contribution in [2.75, 3.05) is 5.73 Å². The minimum absolute atomic E-state index is 0.0325. The maximum Gasteiger partial charge on any atom is 0.290 e. The lowest BCUT2D eigenvalue weighted by molar-refractivity contribution is -0.124. The van der Waals surface area contributed by atoms with Crippen molar-refractivity contribution >= 4 is 11.6 Å². The van der Waals surface area contributed by atoms with Gasteiger partial charge in [-0.2, -0.15) is 5.10 Å². The zero-order chi connectivity index (χ0) is 15.9. The molecule has 22 heavy (non-hydrogen) atoms. The zero-order valence-corrected chi connectivity index (χ0v) is 12.5. The van der Waals surface area contributed by atoms with Crippen LogP contribution in [-0.4, -0.2) is 21.7 Å². The van der Waals surface area contributed by atoms with E-state index < -0.39 is 11.6 Å². The van der Waals surface area contributed by atoms with Gasteiger partial charge in [-0.25, -0.2) is 4.68 Å². The molecule has 0 spiro atoms. The molecule has 0 radical (unpaired) electrons. The third-order valence-electron chi connectivity index (χ3n) is 3.63. The number of aromatic nitrogens is 2. The molecule has 7 heteroatoms. The van der Waals surface area contributed by atoms with Crippen molar-refractivity contribution < 1.29 is 9.21 Å². The lowest BCUT2D eigenvalue weighted by atomic mass is 10.2. The molecule has 2 aromatic rings. The molecule has 0 bridgehead atoms. The Balaban J connectivity index is 1.97. The van der Waals surface area contributed by atoms with Crippen molar-refractivity contribution in [3.63, 3.8) is 0 Å². The summed E-state index contributed by atoms with van der Waals surface area (Å²) in [7, 11) is 0. The normalized spacial score (nSPS) is 15.5. The highest BCUT2D eigenvalue weighted by Gasteiger charge is 2.27. The van der Waals surface area contributed by atoms with E-state index in [1.54, 1.807) is 19.1 Å². The Hall–Kier alpha value is -2.57. The van der Waals surface area contributed by atoms with Crippen LogP contribution in [0.15, 0.2) is 27.4 Å². The van der Waals surface area contributed by atoms with Gasteiger partial charge in [-0.3, -0.25) is 9.59 Å². The van der Waals surface area contributed by atoms with E-state index in [-0.39, 0.29) is 17.6 Å². The van der Waals surface area contributed by atoms with Gasteiger partial charge in [0.05, 0.1) is 0 Å². The Morgan fingerprint density at radius 3 is 2.82 bits per heavy atom. The van der Waals surface area contributed by atoms with Gasteiger partial charge in [0.15, 0.2) is 5.76 Å². The number of carbonyl (C=O) groups excluding carboxylic acids is 1. The summed E-state index contributed by atoms with van der Waals surface area (Å²) in [5.41, 5.74) is 5.75. The molecule has 0 aromatic carbocycles. The molecule has 1 atom stereocenters. The Morgan fingerprint density at radius 1 is 1.50 bits per heavy atom. The van der Waals surface area contributed by atoms with Crippen molar-refractivity contribution in [2.45, 2.75) is 38.8 Å². The molecule has 7 nitrogen and oxygen atoms in total. The molecular formula is C15H18N4O3. The number of hydrogen-bond acceptors (Lipinski definition) is 5. The average Bonchev–Trinajstić information content (AvgIpc) is 3.19. The van der Waals surface area contributed by atoms with Crippen LogP contribution in [0.3, 0.4) is 0 Å². The van der Waals surface area contributed by atoms with Gasteiger partial charge < -0.3 is 15.5 Å². The fourth-order valence-electron chi connectivity index (χ4n) is 2.15. The predicted molar refractivity (Wildman–Crippen MR) is 81.2 cm³/mol. The Kier molecular flexibility index (Phi) is 3.48. The van der Waals surface area contributed by atoms with Crippen molar-refractivity contribution in [1.29, 1.82) is 0 Å². The average molecular weight is 302 g/mol. The maximum atomic E-state index is 12.2. The molecule has 3 N–H and O–H groups in total. The van der Waals surface area contributed by atoms with Crippen molar-refractivity contribution in [3.05, 3.63) is 34.3 Å². The number of hydrogen-bond donors (Lipinski definition) is 2. The van der Waals surface area contributed by atoms with Crippen LogP contribution in [0, 0.1) is 6.92 Å². The fraction of sp³-hybridized carbons (Fsp3) is 0.400. The van der Waals surface area contributed by atoms with E-state index in [4.69, 9.17) is 10.2 Å². The first kappa shape index (κ1) is 14.4. The first-order valence-corrected chi connectivity index (χ1v) is 7.22. The zero-order valence-electron chi connectivity index (χ0n) is 12.5. The standard InChI is InChI=1S/C15H18N4O3/c1-8-3-6-13(22-8)12-7-11(16)15(21)19(18-12)9(2)14(20)17-10-4-5-10/h3,6-7,9-10H,4-5,16H2,1-2H3,(H,17,20). The molecule has 116 valence electrons. The lowest BCUT2D eigenvalue weighted by Gasteiger charge is -2.15. The number of nitrogens with one attached hydrogen (secondary N) is 1. The predicted octanol–water partition coefficient (Wildman–Crippen LogP) is 1.23. The number of anilines is 1. The Labute approximate surface area is 127 Å². The molecule has 1 aliphatic rings. The Bertz CT molecular complexity index is 773. The molecule has 1 unspecified atom stereocenters. The number of nitrogens with two attached hydrogens (primary N) is 1. The van der Waals surface area contributed by atoms with Gasteiger partial charge in [0.1, 0.15) is 23.2 Å². The van der Waals surface area contributed by atoms with Crippen molar-refractivity contribution in [1.82, 2.24) is 15.1 Å². The van der Waals surface area contributed by atoms with Crippen LogP contribution in [0.5, 0.6) is 0 Å². The van der Waals surface area contributed by atoms with Crippen LogP contribution >= 0.6 is 0 Å². The van der Waals surface area contributed by atoms with Gasteiger partial charge in [-0.05, 0) is 44.9 Å². The second-order valence-electron chi connectivity index (χ2n) is 5.60. The number of carbonyl (C=O) groups is 1. The summed E-state index contributed by atoms with van der Waals surface area (Å²) >= 11 is 0. The third kappa shape index (κ3) is 2.74.